The van der Waals surface area contributed by atoms with Gasteiger partial charge in [0.25, 0.3) is 5.91 Å². The fourth-order valence-corrected chi connectivity index (χ4v) is 1.36. The Bertz CT molecular complexity index is 478. The number of hydrogen-bond donors (Lipinski definition) is 2. The summed E-state index contributed by atoms with van der Waals surface area (Å²) in [6.07, 6.45) is -0.526. The number of amides is 2. The van der Waals surface area contributed by atoms with Crippen LogP contribution < -0.4 is 67.5 Å². The van der Waals surface area contributed by atoms with Gasteiger partial charge in [0.15, 0.2) is 0 Å². The fourth-order valence-electron chi connectivity index (χ4n) is 1.24. The van der Waals surface area contributed by atoms with Gasteiger partial charge in [0.1, 0.15) is 0 Å². The first-order valence-electron chi connectivity index (χ1n) is 4.95. The van der Waals surface area contributed by atoms with Gasteiger partial charge in [-0.05, 0) is 24.3 Å². The first-order chi connectivity index (χ1) is 8.40. The van der Waals surface area contributed by atoms with Crippen molar-refractivity contribution in [2.24, 2.45) is 5.73 Å². The van der Waals surface area contributed by atoms with E-state index in [0.717, 1.165) is 0 Å². The number of carbonyl (C=O) groups excluding carboxylic acids is 3. The van der Waals surface area contributed by atoms with Gasteiger partial charge in [-0.1, -0.05) is 11.6 Å². The number of nitrogens with one attached hydrogen (secondary N) is 1. The van der Waals surface area contributed by atoms with Crippen LogP contribution >= 0.6 is 11.6 Å². The molecule has 1 unspecified atom stereocenters. The molecule has 0 radical (unpaired) electrons. The van der Waals surface area contributed by atoms with Crippen LogP contribution in [0.2, 0.25) is 5.02 Å². The van der Waals surface area contributed by atoms with Gasteiger partial charge in [-0.3, -0.25) is 9.59 Å². The van der Waals surface area contributed by atoms with Crippen molar-refractivity contribution >= 4 is 29.4 Å². The molecule has 0 fully saturated rings. The average Bonchev–Trinajstić information content (AvgIpc) is 2.28. The van der Waals surface area contributed by atoms with Gasteiger partial charge in [-0.25, -0.2) is 0 Å². The average molecular weight is 309 g/mol. The Labute approximate surface area is 157 Å². The van der Waals surface area contributed by atoms with Gasteiger partial charge in [0.2, 0.25) is 5.91 Å². The Morgan fingerprint density at radius 3 is 2.21 bits per heavy atom. The van der Waals surface area contributed by atoms with Crippen LogP contribution in [-0.2, 0) is 9.59 Å². The maximum absolute atomic E-state index is 11.7. The number of rotatable bonds is 5. The van der Waals surface area contributed by atoms with E-state index in [4.69, 9.17) is 17.3 Å². The van der Waals surface area contributed by atoms with E-state index in [-0.39, 0.29) is 56.9 Å². The Morgan fingerprint density at radius 1 is 1.26 bits per heavy atom. The zero-order valence-corrected chi connectivity index (χ0v) is 14.1. The molecule has 8 heteroatoms. The second-order valence-electron chi connectivity index (χ2n) is 3.52. The summed E-state index contributed by atoms with van der Waals surface area (Å²) < 4.78 is 0. The molecule has 3 N–H and O–H groups in total. The van der Waals surface area contributed by atoms with Crippen molar-refractivity contribution in [2.75, 3.05) is 0 Å². The number of nitrogens with two attached hydrogens (primary N) is 1. The van der Waals surface area contributed by atoms with Crippen molar-refractivity contribution in [3.05, 3.63) is 34.9 Å². The third kappa shape index (κ3) is 6.51. The molecule has 1 rings (SSSR count). The molecule has 6 nitrogen and oxygen atoms in total. The van der Waals surface area contributed by atoms with Crippen molar-refractivity contribution in [2.45, 2.75) is 12.5 Å². The van der Waals surface area contributed by atoms with Gasteiger partial charge in [-0.15, -0.1) is 0 Å². The summed E-state index contributed by atoms with van der Waals surface area (Å²) in [7, 11) is 0. The summed E-state index contributed by atoms with van der Waals surface area (Å²) >= 11 is 5.64. The summed E-state index contributed by atoms with van der Waals surface area (Å²) in [6, 6.07) is 4.37. The number of carboxylic acids is 1. The second-order valence-corrected chi connectivity index (χ2v) is 3.96. The third-order valence-corrected chi connectivity index (χ3v) is 2.35. The predicted molar refractivity (Wildman–Crippen MR) is 61.5 cm³/mol. The molecule has 1 atom stereocenters. The molecule has 0 aliphatic rings. The van der Waals surface area contributed by atoms with Gasteiger partial charge in [-0.2, -0.15) is 0 Å². The molecular formula is C11H10ClKN2O4. The summed E-state index contributed by atoms with van der Waals surface area (Å²) in [5.74, 6) is -3.07. The molecule has 0 heterocycles. The summed E-state index contributed by atoms with van der Waals surface area (Å²) in [5.41, 5.74) is 5.08. The molecule has 0 aromatic heterocycles. The molecule has 0 bridgehead atoms. The van der Waals surface area contributed by atoms with Crippen LogP contribution in [-0.4, -0.2) is 23.8 Å². The van der Waals surface area contributed by atoms with Gasteiger partial charge >= 0.3 is 51.4 Å². The first kappa shape index (κ1) is 18.6. The summed E-state index contributed by atoms with van der Waals surface area (Å²) in [4.78, 5) is 33.0. The van der Waals surface area contributed by atoms with Crippen molar-refractivity contribution in [1.82, 2.24) is 5.32 Å². The normalized spacial score (nSPS) is 11.0. The third-order valence-electron chi connectivity index (χ3n) is 2.10. The molecule has 0 aliphatic heterocycles. The number of benzene rings is 1. The summed E-state index contributed by atoms with van der Waals surface area (Å²) in [6.45, 7) is 0. The SMILES string of the molecule is NC(=O)CC(NC(=O)c1ccc(Cl)cc1)C(=O)[O-].[K+]. The second kappa shape index (κ2) is 8.67. The Balaban J connectivity index is 0.00000324. The van der Waals surface area contributed by atoms with Gasteiger partial charge in [0.05, 0.1) is 18.4 Å². The number of hydrogen-bond acceptors (Lipinski definition) is 4. The molecule has 1 aromatic carbocycles. The molecule has 19 heavy (non-hydrogen) atoms. The van der Waals surface area contributed by atoms with Crippen LogP contribution in [0.1, 0.15) is 16.8 Å². The van der Waals surface area contributed by atoms with Crippen LogP contribution in [0.25, 0.3) is 0 Å². The molecule has 0 saturated carbocycles. The smallest absolute Gasteiger partial charge is 0.548 e. The van der Waals surface area contributed by atoms with Crippen LogP contribution in [0.5, 0.6) is 0 Å². The number of carbonyl (C=O) groups is 3. The maximum atomic E-state index is 11.7. The minimum absolute atomic E-state index is 0. The number of aliphatic carboxylic acids is 1. The number of primary amides is 1. The van der Waals surface area contributed by atoms with E-state index < -0.39 is 30.2 Å². The van der Waals surface area contributed by atoms with E-state index in [1.807, 2.05) is 0 Å². The maximum Gasteiger partial charge on any atom is 1.00 e. The van der Waals surface area contributed by atoms with Crippen molar-refractivity contribution in [1.29, 1.82) is 0 Å². The Hall–Kier alpha value is -0.444. The largest absolute Gasteiger partial charge is 1.00 e. The predicted octanol–water partition coefficient (Wildman–Crippen LogP) is -3.93. The molecule has 1 aromatic rings. The molecule has 96 valence electrons. The van der Waals surface area contributed by atoms with Crippen molar-refractivity contribution in [3.63, 3.8) is 0 Å². The van der Waals surface area contributed by atoms with Crippen molar-refractivity contribution in [3.8, 4) is 0 Å². The van der Waals surface area contributed by atoms with E-state index >= 15 is 0 Å². The van der Waals surface area contributed by atoms with Gasteiger partial charge < -0.3 is 21.0 Å². The topological polar surface area (TPSA) is 112 Å². The van der Waals surface area contributed by atoms with Crippen molar-refractivity contribution < 1.29 is 70.9 Å². The fraction of sp³-hybridized carbons (Fsp3) is 0.182. The quantitative estimate of drug-likeness (QED) is 0.541. The number of carboxylic acid groups (broad SMARTS) is 1. The zero-order chi connectivity index (χ0) is 13.7. The van der Waals surface area contributed by atoms with Gasteiger partial charge in [0, 0.05) is 10.6 Å². The van der Waals surface area contributed by atoms with Crippen LogP contribution in [0.4, 0.5) is 0 Å². The van der Waals surface area contributed by atoms with Crippen LogP contribution in [0.15, 0.2) is 24.3 Å². The van der Waals surface area contributed by atoms with E-state index in [0.29, 0.717) is 5.02 Å². The number of halogens is 1. The summed E-state index contributed by atoms with van der Waals surface area (Å²) in [5, 5.41) is 13.3. The van der Waals surface area contributed by atoms with E-state index in [9.17, 15) is 19.5 Å². The van der Waals surface area contributed by atoms with E-state index in [1.165, 1.54) is 24.3 Å². The molecule has 0 spiro atoms. The first-order valence-corrected chi connectivity index (χ1v) is 5.33. The Morgan fingerprint density at radius 2 is 1.79 bits per heavy atom. The van der Waals surface area contributed by atoms with E-state index in [1.54, 1.807) is 0 Å². The molecule has 0 aliphatic carbocycles. The monoisotopic (exact) mass is 308 g/mol. The molecule has 0 saturated heterocycles. The minimum atomic E-state index is -1.57. The standard InChI is InChI=1S/C11H11ClN2O4.K/c12-7-3-1-6(2-4-7)10(16)14-8(11(17)18)5-9(13)15;/h1-4,8H,5H2,(H2,13,15)(H,14,16)(H,17,18);/q;+1/p-1. The molecule has 2 amide bonds. The van der Waals surface area contributed by atoms with Crippen LogP contribution in [0, 0.1) is 0 Å². The van der Waals surface area contributed by atoms with E-state index in [2.05, 4.69) is 5.32 Å². The Kier molecular flexibility index (Phi) is 8.47. The molecular weight excluding hydrogens is 299 g/mol. The zero-order valence-electron chi connectivity index (χ0n) is 10.2. The van der Waals surface area contributed by atoms with Crippen LogP contribution in [0.3, 0.4) is 0 Å². The minimum Gasteiger partial charge on any atom is -0.548 e.